The van der Waals surface area contributed by atoms with E-state index in [1.165, 1.54) is 11.4 Å². The molecule has 1 rings (SSSR count). The zero-order valence-electron chi connectivity index (χ0n) is 7.49. The second-order valence-corrected chi connectivity index (χ2v) is 3.71. The minimum absolute atomic E-state index is 0.739. The van der Waals surface area contributed by atoms with E-state index < -0.39 is 0 Å². The Morgan fingerprint density at radius 2 is 2.42 bits per heavy atom. The third kappa shape index (κ3) is 2.57. The molecule has 0 saturated heterocycles. The third-order valence-electron chi connectivity index (χ3n) is 1.86. The summed E-state index contributed by atoms with van der Waals surface area (Å²) in [4.78, 5) is 0. The second-order valence-electron chi connectivity index (χ2n) is 2.72. The Balaban J connectivity index is 2.51. The molecule has 1 aromatic rings. The first-order valence-corrected chi connectivity index (χ1v) is 5.61. The van der Waals surface area contributed by atoms with Gasteiger partial charge >= 0.3 is 0 Å². The molecule has 0 aliphatic heterocycles. The largest absolute Gasteiger partial charge is 0.351 e. The highest BCUT2D eigenvalue weighted by Gasteiger charge is 1.97. The van der Waals surface area contributed by atoms with E-state index in [2.05, 4.69) is 29.2 Å². The van der Waals surface area contributed by atoms with Crippen LogP contribution in [0.1, 0.15) is 5.69 Å². The molecule has 0 aromatic carbocycles. The van der Waals surface area contributed by atoms with Gasteiger partial charge in [-0.05, 0) is 31.4 Å². The molecule has 0 amide bonds. The number of nitrogens with zero attached hydrogens (tertiary/aromatic N) is 1. The average Bonchev–Trinajstić information content (AvgIpc) is 2.50. The van der Waals surface area contributed by atoms with Crippen molar-refractivity contribution in [1.29, 1.82) is 0 Å². The molecule has 0 saturated carbocycles. The number of aryl methyl sites for hydroxylation is 1. The molecule has 2 N–H and O–H groups in total. The number of hydrogen-bond acceptors (Lipinski definition) is 2. The first kappa shape index (κ1) is 9.68. The van der Waals surface area contributed by atoms with Gasteiger partial charge in [0.05, 0.1) is 0 Å². The van der Waals surface area contributed by atoms with Crippen LogP contribution >= 0.6 is 11.8 Å². The van der Waals surface area contributed by atoms with Crippen molar-refractivity contribution in [2.75, 3.05) is 18.6 Å². The lowest BCUT2D eigenvalue weighted by atomic mass is 10.3. The molecular weight excluding hydrogens is 168 g/mol. The maximum absolute atomic E-state index is 5.50. The van der Waals surface area contributed by atoms with Crippen molar-refractivity contribution in [2.45, 2.75) is 13.0 Å². The molecule has 1 heterocycles. The van der Waals surface area contributed by atoms with Crippen molar-refractivity contribution in [2.24, 2.45) is 5.73 Å². The Labute approximate surface area is 78.1 Å². The van der Waals surface area contributed by atoms with Crippen LogP contribution in [0.4, 0.5) is 0 Å². The fraction of sp³-hybridized carbons (Fsp3) is 0.556. The molecular formula is C9H16N2S. The van der Waals surface area contributed by atoms with E-state index in [1.54, 1.807) is 0 Å². The molecule has 0 unspecified atom stereocenters. The molecule has 0 spiro atoms. The molecule has 12 heavy (non-hydrogen) atoms. The van der Waals surface area contributed by atoms with Crippen LogP contribution in [0.15, 0.2) is 18.3 Å². The lowest BCUT2D eigenvalue weighted by Crippen LogP contribution is -2.09. The molecule has 3 heteroatoms. The lowest BCUT2D eigenvalue weighted by Gasteiger charge is -2.06. The summed E-state index contributed by atoms with van der Waals surface area (Å²) >= 11 is 1.87. The standard InChI is InChI=1S/C9H16N2S/c1-12-8-7-11-6-2-3-9(11)4-5-10/h2-3,6H,4-5,7-8,10H2,1H3. The SMILES string of the molecule is CSCCn1cccc1CCN. The number of hydrogen-bond donors (Lipinski definition) is 1. The third-order valence-corrected chi connectivity index (χ3v) is 2.45. The van der Waals surface area contributed by atoms with E-state index in [0.29, 0.717) is 0 Å². The van der Waals surface area contributed by atoms with E-state index in [0.717, 1.165) is 19.5 Å². The molecule has 2 nitrogen and oxygen atoms in total. The Hall–Kier alpha value is -0.410. The first-order valence-electron chi connectivity index (χ1n) is 4.21. The topological polar surface area (TPSA) is 30.9 Å². The van der Waals surface area contributed by atoms with Gasteiger partial charge in [0.2, 0.25) is 0 Å². The van der Waals surface area contributed by atoms with Crippen LogP contribution in [0.5, 0.6) is 0 Å². The monoisotopic (exact) mass is 184 g/mol. The average molecular weight is 184 g/mol. The van der Waals surface area contributed by atoms with E-state index in [1.807, 2.05) is 11.8 Å². The highest BCUT2D eigenvalue weighted by molar-refractivity contribution is 7.98. The van der Waals surface area contributed by atoms with E-state index >= 15 is 0 Å². The van der Waals surface area contributed by atoms with Crippen LogP contribution in [-0.4, -0.2) is 23.1 Å². The summed E-state index contributed by atoms with van der Waals surface area (Å²) in [6.07, 6.45) is 5.24. The first-order chi connectivity index (χ1) is 5.88. The molecule has 68 valence electrons. The van der Waals surface area contributed by atoms with Crippen molar-refractivity contribution in [3.63, 3.8) is 0 Å². The fourth-order valence-electron chi connectivity index (χ4n) is 1.23. The van der Waals surface area contributed by atoms with Crippen LogP contribution < -0.4 is 5.73 Å². The molecule has 0 atom stereocenters. The number of nitrogens with two attached hydrogens (primary N) is 1. The zero-order valence-corrected chi connectivity index (χ0v) is 8.31. The Bertz CT molecular complexity index is 220. The van der Waals surface area contributed by atoms with Gasteiger partial charge in [0.15, 0.2) is 0 Å². The molecule has 0 aliphatic rings. The summed E-state index contributed by atoms with van der Waals surface area (Å²) in [7, 11) is 0. The van der Waals surface area contributed by atoms with E-state index in [4.69, 9.17) is 5.73 Å². The van der Waals surface area contributed by atoms with Crippen molar-refractivity contribution >= 4 is 11.8 Å². The predicted octanol–water partition coefficient (Wildman–Crippen LogP) is 1.35. The molecule has 0 radical (unpaired) electrons. The van der Waals surface area contributed by atoms with Gasteiger partial charge in [-0.1, -0.05) is 0 Å². The maximum atomic E-state index is 5.50. The van der Waals surface area contributed by atoms with E-state index in [-0.39, 0.29) is 0 Å². The summed E-state index contributed by atoms with van der Waals surface area (Å²) in [5.41, 5.74) is 6.85. The van der Waals surface area contributed by atoms with Crippen molar-refractivity contribution in [1.82, 2.24) is 4.57 Å². The molecule has 1 aromatic heterocycles. The number of rotatable bonds is 5. The molecule has 0 bridgehead atoms. The van der Waals surface area contributed by atoms with Gasteiger partial charge in [-0.25, -0.2) is 0 Å². The van der Waals surface area contributed by atoms with Gasteiger partial charge in [-0.2, -0.15) is 11.8 Å². The van der Waals surface area contributed by atoms with Crippen LogP contribution in [0.25, 0.3) is 0 Å². The molecule has 0 aliphatic carbocycles. The highest BCUT2D eigenvalue weighted by Crippen LogP contribution is 2.04. The van der Waals surface area contributed by atoms with Gasteiger partial charge in [-0.3, -0.25) is 0 Å². The van der Waals surface area contributed by atoms with Crippen molar-refractivity contribution in [3.8, 4) is 0 Å². The minimum atomic E-state index is 0.739. The summed E-state index contributed by atoms with van der Waals surface area (Å²) in [5, 5.41) is 0. The number of thioether (sulfide) groups is 1. The summed E-state index contributed by atoms with van der Waals surface area (Å²) < 4.78 is 2.28. The number of aromatic nitrogens is 1. The normalized spacial score (nSPS) is 10.5. The maximum Gasteiger partial charge on any atom is 0.0313 e. The van der Waals surface area contributed by atoms with Gasteiger partial charge in [0.1, 0.15) is 0 Å². The van der Waals surface area contributed by atoms with Gasteiger partial charge in [-0.15, -0.1) is 0 Å². The van der Waals surface area contributed by atoms with Crippen LogP contribution in [-0.2, 0) is 13.0 Å². The summed E-state index contributed by atoms with van der Waals surface area (Å²) in [6, 6.07) is 4.23. The Morgan fingerprint density at radius 3 is 3.08 bits per heavy atom. The van der Waals surface area contributed by atoms with Crippen LogP contribution in [0.2, 0.25) is 0 Å². The lowest BCUT2D eigenvalue weighted by molar-refractivity contribution is 0.717. The minimum Gasteiger partial charge on any atom is -0.351 e. The highest BCUT2D eigenvalue weighted by atomic mass is 32.2. The van der Waals surface area contributed by atoms with Gasteiger partial charge < -0.3 is 10.3 Å². The second kappa shape index (κ2) is 5.27. The van der Waals surface area contributed by atoms with E-state index in [9.17, 15) is 0 Å². The zero-order chi connectivity index (χ0) is 8.81. The van der Waals surface area contributed by atoms with Crippen LogP contribution in [0, 0.1) is 0 Å². The van der Waals surface area contributed by atoms with Gasteiger partial charge in [0.25, 0.3) is 0 Å². The predicted molar refractivity (Wildman–Crippen MR) is 55.6 cm³/mol. The van der Waals surface area contributed by atoms with Crippen molar-refractivity contribution < 1.29 is 0 Å². The summed E-state index contributed by atoms with van der Waals surface area (Å²) in [5.74, 6) is 1.17. The molecule has 0 fully saturated rings. The Kier molecular flexibility index (Phi) is 4.25. The Morgan fingerprint density at radius 1 is 1.58 bits per heavy atom. The smallest absolute Gasteiger partial charge is 0.0313 e. The van der Waals surface area contributed by atoms with Crippen molar-refractivity contribution in [3.05, 3.63) is 24.0 Å². The van der Waals surface area contributed by atoms with Gasteiger partial charge in [0, 0.05) is 24.2 Å². The summed E-state index contributed by atoms with van der Waals surface area (Å²) in [6.45, 7) is 1.84. The van der Waals surface area contributed by atoms with Crippen LogP contribution in [0.3, 0.4) is 0 Å². The quantitative estimate of drug-likeness (QED) is 0.749. The fourth-order valence-corrected chi connectivity index (χ4v) is 1.61.